The summed E-state index contributed by atoms with van der Waals surface area (Å²) in [4.78, 5) is 85.7. The average Bonchev–Trinajstić information content (AvgIpc) is 3.83. The van der Waals surface area contributed by atoms with Crippen molar-refractivity contribution in [3.8, 4) is 0 Å². The maximum absolute atomic E-state index is 13.9. The van der Waals surface area contributed by atoms with E-state index in [-0.39, 0.29) is 42.2 Å². The number of nitrogen functional groups attached to an aromatic ring is 2. The van der Waals surface area contributed by atoms with E-state index in [4.69, 9.17) is 39.5 Å². The molecule has 26 nitrogen and oxygen atoms in total. The highest BCUT2D eigenvalue weighted by Gasteiger charge is 2.52. The van der Waals surface area contributed by atoms with Crippen LogP contribution < -0.4 is 17.2 Å². The Morgan fingerprint density at radius 2 is 1.69 bits per heavy atom. The van der Waals surface area contributed by atoms with Gasteiger partial charge in [0.05, 0.1) is 19.5 Å². The van der Waals surface area contributed by atoms with Gasteiger partial charge in [0.1, 0.15) is 54.2 Å². The van der Waals surface area contributed by atoms with E-state index in [0.717, 1.165) is 22.0 Å². The van der Waals surface area contributed by atoms with Crippen LogP contribution >= 0.6 is 15.6 Å². The lowest BCUT2D eigenvalue weighted by atomic mass is 10.1. The molecule has 2 aliphatic heterocycles. The summed E-state index contributed by atoms with van der Waals surface area (Å²) in [6.45, 7) is 3.72. The number of anilines is 2. The van der Waals surface area contributed by atoms with Crippen LogP contribution in [0.4, 0.5) is 11.6 Å². The maximum atomic E-state index is 13.9. The Morgan fingerprint density at radius 3 is 2.36 bits per heavy atom. The summed E-state index contributed by atoms with van der Waals surface area (Å²) in [7, 11) is -9.18. The van der Waals surface area contributed by atoms with Gasteiger partial charge >= 0.3 is 27.3 Å². The summed E-state index contributed by atoms with van der Waals surface area (Å²) in [5.74, 6) is -1.62. The molecule has 5 rings (SSSR count). The minimum Gasteiger partial charge on any atom is -0.455 e. The standard InChI is InChI=1S/C31H45N9O17P2/c1-4-6-7-20(41)38(3)16(9-11-51-5-2)30(44)56-24-17(54-29(22(24)42)40-15-36-21-26(33)34-14-35-27(21)40)13-53-59(49,50)57-25-18(12-52-58(46,47)48)55-28(23(25)43)39-10-8-19(32)37-31(39)45/h4,8,10,14-18,22-25,28-29,42-43H,1,5-7,9,11-13H2,2-3H3,(H,49,50)(H2,32,37,45)(H2,33,34,35)(H2,46,47,48)/t16?,17-,18-,22-,23-,24-,25-,28-,29-/m1/s1. The van der Waals surface area contributed by atoms with Crippen molar-refractivity contribution in [2.45, 2.75) is 81.3 Å². The quantitative estimate of drug-likeness (QED) is 0.0294. The molecule has 0 aromatic carbocycles. The van der Waals surface area contributed by atoms with E-state index in [9.17, 15) is 48.4 Å². The van der Waals surface area contributed by atoms with Crippen LogP contribution in [0, 0.1) is 0 Å². The number of phosphoric acid groups is 2. The molecule has 2 unspecified atom stereocenters. The average molecular weight is 878 g/mol. The molecule has 0 saturated carbocycles. The molecule has 59 heavy (non-hydrogen) atoms. The first-order valence-electron chi connectivity index (χ1n) is 17.8. The smallest absolute Gasteiger partial charge is 0.455 e. The number of esters is 1. The van der Waals surface area contributed by atoms with E-state index in [0.29, 0.717) is 13.0 Å². The lowest BCUT2D eigenvalue weighted by molar-refractivity contribution is -0.166. The molecule has 9 N–H and O–H groups in total. The van der Waals surface area contributed by atoms with Gasteiger partial charge in [-0.3, -0.25) is 27.5 Å². The van der Waals surface area contributed by atoms with Gasteiger partial charge in [0.25, 0.3) is 0 Å². The van der Waals surface area contributed by atoms with Gasteiger partial charge in [-0.25, -0.2) is 33.7 Å². The minimum atomic E-state index is -5.40. The number of carbonyl (C=O) groups excluding carboxylic acids is 2. The predicted molar refractivity (Wildman–Crippen MR) is 198 cm³/mol. The Morgan fingerprint density at radius 1 is 1.03 bits per heavy atom. The number of hydrogen-bond donors (Lipinski definition) is 7. The number of aliphatic hydroxyl groups excluding tert-OH is 2. The zero-order valence-electron chi connectivity index (χ0n) is 31.6. The number of aliphatic hydroxyl groups is 2. The van der Waals surface area contributed by atoms with Gasteiger partial charge in [0, 0.05) is 39.3 Å². The van der Waals surface area contributed by atoms with Crippen LogP contribution in [0.1, 0.15) is 38.6 Å². The monoisotopic (exact) mass is 877 g/mol. The first kappa shape index (κ1) is 45.8. The Hall–Kier alpha value is -4.27. The highest BCUT2D eigenvalue weighted by atomic mass is 31.2. The van der Waals surface area contributed by atoms with Crippen molar-refractivity contribution in [1.29, 1.82) is 0 Å². The van der Waals surface area contributed by atoms with Crippen molar-refractivity contribution >= 4 is 50.3 Å². The van der Waals surface area contributed by atoms with Crippen LogP contribution in [0.25, 0.3) is 11.2 Å². The zero-order valence-corrected chi connectivity index (χ0v) is 33.3. The van der Waals surface area contributed by atoms with Gasteiger partial charge in [-0.2, -0.15) is 4.98 Å². The molecule has 2 fully saturated rings. The summed E-state index contributed by atoms with van der Waals surface area (Å²) in [5, 5.41) is 22.8. The Labute approximate surface area is 334 Å². The van der Waals surface area contributed by atoms with E-state index >= 15 is 0 Å². The number of rotatable bonds is 20. The molecule has 326 valence electrons. The normalized spacial score (nSPS) is 26.1. The topological polar surface area (TPSA) is 368 Å². The molecule has 0 spiro atoms. The van der Waals surface area contributed by atoms with Crippen molar-refractivity contribution < 1.29 is 76.1 Å². The van der Waals surface area contributed by atoms with Crippen molar-refractivity contribution in [2.24, 2.45) is 0 Å². The number of nitrogens with two attached hydrogens (primary N) is 2. The predicted octanol–water partition coefficient (Wildman–Crippen LogP) is -1.49. The van der Waals surface area contributed by atoms with Gasteiger partial charge in [0.2, 0.25) is 5.91 Å². The number of aromatic nitrogens is 6. The van der Waals surface area contributed by atoms with Gasteiger partial charge in [0.15, 0.2) is 30.0 Å². The van der Waals surface area contributed by atoms with Crippen LogP contribution in [0.3, 0.4) is 0 Å². The molecule has 3 aromatic rings. The van der Waals surface area contributed by atoms with E-state index in [1.807, 2.05) is 0 Å². The fraction of sp³-hybridized carbons (Fsp3) is 0.581. The fourth-order valence-corrected chi connectivity index (χ4v) is 7.54. The number of nitrogens with zero attached hydrogens (tertiary/aromatic N) is 7. The number of amides is 1. The molecule has 0 radical (unpaired) electrons. The number of carbonyl (C=O) groups is 2. The van der Waals surface area contributed by atoms with E-state index in [1.165, 1.54) is 30.1 Å². The number of ether oxygens (including phenoxy) is 4. The maximum Gasteiger partial charge on any atom is 0.472 e. The summed E-state index contributed by atoms with van der Waals surface area (Å²) < 4.78 is 64.8. The van der Waals surface area contributed by atoms with Crippen LogP contribution in [-0.4, -0.2) is 147 Å². The third-order valence-electron chi connectivity index (χ3n) is 9.16. The van der Waals surface area contributed by atoms with Gasteiger partial charge in [-0.1, -0.05) is 6.08 Å². The molecule has 10 atom stereocenters. The summed E-state index contributed by atoms with van der Waals surface area (Å²) in [6, 6.07) is -0.0538. The molecular formula is C31H45N9O17P2. The number of phosphoric ester groups is 2. The molecule has 3 aromatic heterocycles. The summed E-state index contributed by atoms with van der Waals surface area (Å²) in [6.07, 6.45) is -8.49. The lowest BCUT2D eigenvalue weighted by Gasteiger charge is -2.29. The SMILES string of the molecule is C=CCCC(=O)N(C)C(CCOCC)C(=O)O[C@H]1[C@@H](O)[C@H](n2cnc3c(N)ncnc32)O[C@@H]1COP(=O)(O)O[C@H]1[C@@H](O)[C@H](n2ccc(N)nc2=O)O[C@@H]1COP(=O)(O)O. The highest BCUT2D eigenvalue weighted by Crippen LogP contribution is 2.50. The highest BCUT2D eigenvalue weighted by molar-refractivity contribution is 7.47. The van der Waals surface area contributed by atoms with E-state index in [1.54, 1.807) is 6.92 Å². The second-order valence-corrected chi connectivity index (χ2v) is 15.7. The first-order chi connectivity index (χ1) is 27.9. The lowest BCUT2D eigenvalue weighted by Crippen LogP contribution is -2.47. The zero-order chi connectivity index (χ0) is 43.2. The second-order valence-electron chi connectivity index (χ2n) is 13.1. The molecule has 5 heterocycles. The van der Waals surface area contributed by atoms with E-state index in [2.05, 4.69) is 31.0 Å². The molecular weight excluding hydrogens is 832 g/mol. The number of hydrogen-bond acceptors (Lipinski definition) is 20. The number of imidazole rings is 1. The third kappa shape index (κ3) is 11.1. The van der Waals surface area contributed by atoms with Crippen LogP contribution in [0.5, 0.6) is 0 Å². The largest absolute Gasteiger partial charge is 0.472 e. The summed E-state index contributed by atoms with van der Waals surface area (Å²) >= 11 is 0. The van der Waals surface area contributed by atoms with Crippen molar-refractivity contribution in [1.82, 2.24) is 34.0 Å². The Balaban J connectivity index is 1.40. The second kappa shape index (κ2) is 19.4. The third-order valence-corrected chi connectivity index (χ3v) is 10.6. The number of fused-ring (bicyclic) bond motifs is 1. The first-order valence-corrected chi connectivity index (χ1v) is 20.8. The molecule has 0 bridgehead atoms. The van der Waals surface area contributed by atoms with Crippen LogP contribution in [0.2, 0.25) is 0 Å². The van der Waals surface area contributed by atoms with E-state index < -0.39 is 102 Å². The molecule has 2 saturated heterocycles. The minimum absolute atomic E-state index is 0.00823. The molecule has 28 heteroatoms. The molecule has 2 aliphatic rings. The number of likely N-dealkylation sites (N-methyl/N-ethyl adjacent to an activating group) is 1. The van der Waals surface area contributed by atoms with Gasteiger partial charge in [-0.15, -0.1) is 6.58 Å². The van der Waals surface area contributed by atoms with Crippen molar-refractivity contribution in [3.05, 3.63) is 48.1 Å². The molecule has 0 aliphatic carbocycles. The fourth-order valence-electron chi connectivity index (χ4n) is 6.24. The van der Waals surface area contributed by atoms with Crippen LogP contribution in [-0.2, 0) is 51.2 Å². The summed E-state index contributed by atoms with van der Waals surface area (Å²) in [5.41, 5.74) is 10.7. The molecule has 1 amide bonds. The number of allylic oxidation sites excluding steroid dienone is 1. The van der Waals surface area contributed by atoms with Gasteiger partial charge < -0.3 is 60.2 Å². The Kier molecular flexibility index (Phi) is 15.1. The van der Waals surface area contributed by atoms with Crippen molar-refractivity contribution in [3.63, 3.8) is 0 Å². The Bertz CT molecular complexity index is 2120. The van der Waals surface area contributed by atoms with Gasteiger partial charge in [-0.05, 0) is 19.4 Å². The van der Waals surface area contributed by atoms with Crippen molar-refractivity contribution in [2.75, 3.05) is 44.9 Å². The van der Waals surface area contributed by atoms with Crippen LogP contribution in [0.15, 0.2) is 42.4 Å².